The van der Waals surface area contributed by atoms with Gasteiger partial charge in [-0.3, -0.25) is 9.89 Å². The molecule has 0 saturated carbocycles. The number of nitrogens with one attached hydrogen (secondary N) is 2. The summed E-state index contributed by atoms with van der Waals surface area (Å²) in [6, 6.07) is 13.3. The number of aromatic amines is 1. The lowest BCUT2D eigenvalue weighted by Crippen LogP contribution is -2.14. The molecule has 0 aliphatic heterocycles. The predicted molar refractivity (Wildman–Crippen MR) is 132 cm³/mol. The van der Waals surface area contributed by atoms with E-state index in [1.165, 1.54) is 4.52 Å². The fourth-order valence-electron chi connectivity index (χ4n) is 3.47. The number of benzene rings is 2. The van der Waals surface area contributed by atoms with Crippen LogP contribution in [0.2, 0.25) is 5.02 Å². The third-order valence-electron chi connectivity index (χ3n) is 5.47. The van der Waals surface area contributed by atoms with Gasteiger partial charge in [-0.1, -0.05) is 56.6 Å². The van der Waals surface area contributed by atoms with Crippen molar-refractivity contribution in [2.45, 2.75) is 39.5 Å². The average molecular weight is 484 g/mol. The molecular formula is C25H27ClFN5O2. The molecule has 178 valence electrons. The highest BCUT2D eigenvalue weighted by atomic mass is 35.5. The van der Waals surface area contributed by atoms with Crippen LogP contribution in [0.5, 0.6) is 5.75 Å². The van der Waals surface area contributed by atoms with Gasteiger partial charge in [0.05, 0.1) is 6.61 Å². The van der Waals surface area contributed by atoms with Crippen LogP contribution in [0.3, 0.4) is 0 Å². The van der Waals surface area contributed by atoms with Gasteiger partial charge in [0.15, 0.2) is 11.5 Å². The molecule has 0 radical (unpaired) electrons. The molecule has 2 aromatic carbocycles. The van der Waals surface area contributed by atoms with Crippen LogP contribution in [-0.4, -0.2) is 32.7 Å². The minimum atomic E-state index is -0.945. The molecule has 0 aliphatic rings. The van der Waals surface area contributed by atoms with Crippen molar-refractivity contribution in [1.82, 2.24) is 19.6 Å². The second-order valence-electron chi connectivity index (χ2n) is 9.15. The van der Waals surface area contributed by atoms with Gasteiger partial charge in [-0.15, -0.1) is 0 Å². The number of hydrogen-bond acceptors (Lipinski definition) is 5. The Kier molecular flexibility index (Phi) is 6.61. The molecule has 34 heavy (non-hydrogen) atoms. The van der Waals surface area contributed by atoms with Crippen LogP contribution in [0, 0.1) is 12.7 Å². The van der Waals surface area contributed by atoms with E-state index in [2.05, 4.69) is 41.2 Å². The summed E-state index contributed by atoms with van der Waals surface area (Å²) in [6.07, 6.45) is 0.650. The Bertz CT molecular complexity index is 1370. The van der Waals surface area contributed by atoms with E-state index in [1.807, 2.05) is 43.3 Å². The molecule has 0 aliphatic carbocycles. The van der Waals surface area contributed by atoms with Gasteiger partial charge in [0.2, 0.25) is 11.8 Å². The highest BCUT2D eigenvalue weighted by molar-refractivity contribution is 6.31. The van der Waals surface area contributed by atoms with Gasteiger partial charge in [0, 0.05) is 17.1 Å². The zero-order valence-electron chi connectivity index (χ0n) is 19.6. The van der Waals surface area contributed by atoms with Crippen molar-refractivity contribution in [3.8, 4) is 17.1 Å². The van der Waals surface area contributed by atoms with E-state index in [9.17, 15) is 9.18 Å². The monoisotopic (exact) mass is 483 g/mol. The van der Waals surface area contributed by atoms with Crippen LogP contribution in [0.15, 0.2) is 47.3 Å². The Morgan fingerprint density at radius 3 is 2.56 bits per heavy atom. The molecule has 2 heterocycles. The highest BCUT2D eigenvalue weighted by Gasteiger charge is 2.18. The Hall–Kier alpha value is -3.39. The van der Waals surface area contributed by atoms with Crippen molar-refractivity contribution < 1.29 is 9.13 Å². The second-order valence-corrected chi connectivity index (χ2v) is 9.56. The maximum absolute atomic E-state index is 14.4. The minimum Gasteiger partial charge on any atom is -0.494 e. The third kappa shape index (κ3) is 5.07. The van der Waals surface area contributed by atoms with Gasteiger partial charge in [-0.2, -0.15) is 13.9 Å². The summed E-state index contributed by atoms with van der Waals surface area (Å²) in [5.41, 5.74) is 1.89. The van der Waals surface area contributed by atoms with Crippen molar-refractivity contribution in [2.24, 2.45) is 0 Å². The number of nitrogens with zero attached hydrogens (tertiary/aromatic N) is 3. The standard InChI is InChI=1S/C25H27ClFN5O2/c1-15-14-18(10-11-19(15)26)34-13-5-12-28-24-30-21(29-22-20(27)23(33)31-32(22)24)16-6-8-17(9-7-16)25(2,3)4/h6-11,14H,5,12-13H2,1-4H3,(H,31,33)(H,28,29,30). The molecule has 0 fully saturated rings. The van der Waals surface area contributed by atoms with Crippen LogP contribution in [0.25, 0.3) is 17.0 Å². The van der Waals surface area contributed by atoms with E-state index >= 15 is 0 Å². The summed E-state index contributed by atoms with van der Waals surface area (Å²) >= 11 is 6.05. The van der Waals surface area contributed by atoms with Crippen molar-refractivity contribution in [2.75, 3.05) is 18.5 Å². The minimum absolute atomic E-state index is 0.00287. The normalized spacial score (nSPS) is 11.7. The molecule has 0 unspecified atom stereocenters. The summed E-state index contributed by atoms with van der Waals surface area (Å²) in [5.74, 6) is 0.417. The molecule has 0 atom stereocenters. The van der Waals surface area contributed by atoms with Crippen molar-refractivity contribution >= 4 is 23.2 Å². The molecule has 9 heteroatoms. The number of ether oxygens (including phenoxy) is 1. The molecule has 2 N–H and O–H groups in total. The van der Waals surface area contributed by atoms with E-state index in [1.54, 1.807) is 6.07 Å². The van der Waals surface area contributed by atoms with Gasteiger partial charge in [-0.25, -0.2) is 4.98 Å². The first-order valence-corrected chi connectivity index (χ1v) is 11.4. The molecule has 7 nitrogen and oxygen atoms in total. The fourth-order valence-corrected chi connectivity index (χ4v) is 3.59. The number of aryl methyl sites for hydroxylation is 1. The maximum atomic E-state index is 14.4. The summed E-state index contributed by atoms with van der Waals surface area (Å²) in [6.45, 7) is 9.26. The Morgan fingerprint density at radius 2 is 1.88 bits per heavy atom. The first kappa shape index (κ1) is 23.8. The number of rotatable bonds is 7. The number of aromatic nitrogens is 4. The zero-order chi connectivity index (χ0) is 24.5. The molecule has 4 aromatic rings. The number of H-pyrrole nitrogens is 1. The molecule has 0 bridgehead atoms. The lowest BCUT2D eigenvalue weighted by molar-refractivity contribution is 0.314. The second kappa shape index (κ2) is 9.46. The lowest BCUT2D eigenvalue weighted by Gasteiger charge is -2.19. The number of anilines is 1. The fraction of sp³-hybridized carbons (Fsp3) is 0.320. The highest BCUT2D eigenvalue weighted by Crippen LogP contribution is 2.26. The smallest absolute Gasteiger partial charge is 0.302 e. The number of hydrogen-bond donors (Lipinski definition) is 2. The first-order chi connectivity index (χ1) is 16.1. The maximum Gasteiger partial charge on any atom is 0.302 e. The van der Waals surface area contributed by atoms with E-state index in [4.69, 9.17) is 16.3 Å². The van der Waals surface area contributed by atoms with Crippen LogP contribution >= 0.6 is 11.6 Å². The average Bonchev–Trinajstić information content (AvgIpc) is 3.09. The third-order valence-corrected chi connectivity index (χ3v) is 5.89. The summed E-state index contributed by atoms with van der Waals surface area (Å²) in [7, 11) is 0. The van der Waals surface area contributed by atoms with Gasteiger partial charge in [0.1, 0.15) is 5.75 Å². The van der Waals surface area contributed by atoms with E-state index < -0.39 is 11.4 Å². The van der Waals surface area contributed by atoms with E-state index in [0.29, 0.717) is 36.4 Å². The SMILES string of the molecule is Cc1cc(OCCCNc2nc(-c3ccc(C(C)(C)C)cc3)nc3c(F)c(=O)[nH]n23)ccc1Cl. The number of halogens is 2. The molecule has 0 amide bonds. The topological polar surface area (TPSA) is 84.3 Å². The lowest BCUT2D eigenvalue weighted by atomic mass is 9.87. The molecular weight excluding hydrogens is 457 g/mol. The quantitative estimate of drug-likeness (QED) is 0.345. The van der Waals surface area contributed by atoms with Crippen LogP contribution in [0.1, 0.15) is 38.3 Å². The molecule has 0 spiro atoms. The first-order valence-electron chi connectivity index (χ1n) is 11.1. The van der Waals surface area contributed by atoms with Gasteiger partial charge < -0.3 is 10.1 Å². The Morgan fingerprint density at radius 1 is 1.15 bits per heavy atom. The van der Waals surface area contributed by atoms with Crippen molar-refractivity contribution in [3.63, 3.8) is 0 Å². The Labute approximate surface area is 202 Å². The largest absolute Gasteiger partial charge is 0.494 e. The Balaban J connectivity index is 1.51. The predicted octanol–water partition coefficient (Wildman–Crippen LogP) is 5.36. The molecule has 4 rings (SSSR count). The zero-order valence-corrected chi connectivity index (χ0v) is 20.3. The summed E-state index contributed by atoms with van der Waals surface area (Å²) in [4.78, 5) is 20.7. The van der Waals surface area contributed by atoms with Gasteiger partial charge in [-0.05, 0) is 48.1 Å². The summed E-state index contributed by atoms with van der Waals surface area (Å²) < 4.78 is 21.4. The van der Waals surface area contributed by atoms with Crippen LogP contribution in [0.4, 0.5) is 10.3 Å². The number of fused-ring (bicyclic) bond motifs is 1. The van der Waals surface area contributed by atoms with Gasteiger partial charge in [0.25, 0.3) is 0 Å². The van der Waals surface area contributed by atoms with Gasteiger partial charge >= 0.3 is 5.56 Å². The van der Waals surface area contributed by atoms with Crippen molar-refractivity contribution in [1.29, 1.82) is 0 Å². The van der Waals surface area contributed by atoms with Crippen LogP contribution in [-0.2, 0) is 5.41 Å². The summed E-state index contributed by atoms with van der Waals surface area (Å²) in [5, 5.41) is 6.28. The van der Waals surface area contributed by atoms with E-state index in [-0.39, 0.29) is 11.1 Å². The van der Waals surface area contributed by atoms with Crippen molar-refractivity contribution in [3.05, 3.63) is 74.8 Å². The van der Waals surface area contributed by atoms with E-state index in [0.717, 1.165) is 22.4 Å². The molecule has 0 saturated heterocycles. The molecule has 2 aromatic heterocycles. The van der Waals surface area contributed by atoms with Crippen LogP contribution < -0.4 is 15.6 Å².